The van der Waals surface area contributed by atoms with Crippen LogP contribution in [0.2, 0.25) is 0 Å². The summed E-state index contributed by atoms with van der Waals surface area (Å²) in [6.07, 6.45) is 0.268. The Bertz CT molecular complexity index is 845. The monoisotopic (exact) mass is 370 g/mol. The van der Waals surface area contributed by atoms with E-state index in [0.29, 0.717) is 10.8 Å². The Morgan fingerprint density at radius 3 is 2.58 bits per heavy atom. The van der Waals surface area contributed by atoms with E-state index in [-0.39, 0.29) is 30.0 Å². The summed E-state index contributed by atoms with van der Waals surface area (Å²) in [6, 6.07) is 7.17. The van der Waals surface area contributed by atoms with Crippen LogP contribution in [-0.2, 0) is 9.59 Å². The van der Waals surface area contributed by atoms with Crippen molar-refractivity contribution in [2.75, 3.05) is 16.0 Å². The van der Waals surface area contributed by atoms with Gasteiger partial charge in [-0.3, -0.25) is 9.59 Å². The SMILES string of the molecule is Cc1nc(SCC(=O)N2c3ccccc3NC(=O)C[C@@H]2C)nc(C)c1C. The van der Waals surface area contributed by atoms with Crippen LogP contribution in [0.3, 0.4) is 0 Å². The molecule has 0 bridgehead atoms. The van der Waals surface area contributed by atoms with Crippen molar-refractivity contribution in [1.29, 1.82) is 0 Å². The van der Waals surface area contributed by atoms with Crippen LogP contribution in [-0.4, -0.2) is 33.6 Å². The first-order chi connectivity index (χ1) is 12.4. The molecule has 7 heteroatoms. The number of para-hydroxylation sites is 2. The molecule has 0 unspecified atom stereocenters. The predicted molar refractivity (Wildman–Crippen MR) is 104 cm³/mol. The van der Waals surface area contributed by atoms with Gasteiger partial charge in [0.05, 0.1) is 17.1 Å². The summed E-state index contributed by atoms with van der Waals surface area (Å²) in [5.74, 6) is 0.0707. The van der Waals surface area contributed by atoms with E-state index in [9.17, 15) is 9.59 Å². The van der Waals surface area contributed by atoms with Crippen molar-refractivity contribution in [1.82, 2.24) is 9.97 Å². The number of aromatic nitrogens is 2. The number of rotatable bonds is 3. The lowest BCUT2D eigenvalue weighted by atomic mass is 10.2. The molecule has 1 aromatic carbocycles. The quantitative estimate of drug-likeness (QED) is 0.663. The molecule has 1 aromatic heterocycles. The van der Waals surface area contributed by atoms with Crippen molar-refractivity contribution in [3.63, 3.8) is 0 Å². The number of nitrogens with one attached hydrogen (secondary N) is 1. The van der Waals surface area contributed by atoms with Crippen LogP contribution in [0.4, 0.5) is 11.4 Å². The van der Waals surface area contributed by atoms with E-state index in [0.717, 1.165) is 22.6 Å². The molecule has 0 saturated carbocycles. The van der Waals surface area contributed by atoms with E-state index >= 15 is 0 Å². The average molecular weight is 370 g/mol. The van der Waals surface area contributed by atoms with E-state index in [1.807, 2.05) is 52.0 Å². The van der Waals surface area contributed by atoms with Gasteiger partial charge in [-0.2, -0.15) is 0 Å². The minimum atomic E-state index is -0.214. The summed E-state index contributed by atoms with van der Waals surface area (Å²) in [6.45, 7) is 7.77. The van der Waals surface area contributed by atoms with Gasteiger partial charge in [0.15, 0.2) is 5.16 Å². The van der Waals surface area contributed by atoms with Gasteiger partial charge in [-0.1, -0.05) is 23.9 Å². The van der Waals surface area contributed by atoms with Gasteiger partial charge < -0.3 is 10.2 Å². The fourth-order valence-corrected chi connectivity index (χ4v) is 3.76. The van der Waals surface area contributed by atoms with Gasteiger partial charge in [-0.15, -0.1) is 0 Å². The number of hydrogen-bond acceptors (Lipinski definition) is 5. The Morgan fingerprint density at radius 2 is 1.88 bits per heavy atom. The Kier molecular flexibility index (Phi) is 5.27. The second-order valence-corrected chi connectivity index (χ2v) is 7.42. The van der Waals surface area contributed by atoms with Crippen molar-refractivity contribution in [3.8, 4) is 0 Å². The molecule has 0 spiro atoms. The molecule has 1 atom stereocenters. The predicted octanol–water partition coefficient (Wildman–Crippen LogP) is 3.26. The summed E-state index contributed by atoms with van der Waals surface area (Å²) < 4.78 is 0. The first kappa shape index (κ1) is 18.4. The summed E-state index contributed by atoms with van der Waals surface area (Å²) in [7, 11) is 0. The summed E-state index contributed by atoms with van der Waals surface area (Å²) >= 11 is 1.32. The minimum Gasteiger partial charge on any atom is -0.324 e. The van der Waals surface area contributed by atoms with Gasteiger partial charge in [-0.05, 0) is 45.4 Å². The van der Waals surface area contributed by atoms with Crippen LogP contribution < -0.4 is 10.2 Å². The molecule has 0 fully saturated rings. The number of carbonyl (C=O) groups excluding carboxylic acids is 2. The second kappa shape index (κ2) is 7.45. The zero-order chi connectivity index (χ0) is 18.8. The normalized spacial score (nSPS) is 16.7. The molecular weight excluding hydrogens is 348 g/mol. The Hall–Kier alpha value is -2.41. The lowest BCUT2D eigenvalue weighted by Gasteiger charge is -2.27. The number of thioether (sulfide) groups is 1. The molecule has 1 N–H and O–H groups in total. The number of carbonyl (C=O) groups is 2. The highest BCUT2D eigenvalue weighted by Gasteiger charge is 2.29. The molecule has 2 amide bonds. The maximum Gasteiger partial charge on any atom is 0.237 e. The standard InChI is InChI=1S/C19H22N4O2S/c1-11-9-17(24)22-15-7-5-6-8-16(15)23(11)18(25)10-26-19-20-13(3)12(2)14(4)21-19/h5-8,11H,9-10H2,1-4H3,(H,22,24)/t11-/m0/s1. The summed E-state index contributed by atoms with van der Waals surface area (Å²) in [5, 5.41) is 3.47. The van der Waals surface area contributed by atoms with Gasteiger partial charge in [-0.25, -0.2) is 9.97 Å². The molecule has 2 heterocycles. The van der Waals surface area contributed by atoms with E-state index in [2.05, 4.69) is 15.3 Å². The van der Waals surface area contributed by atoms with Crippen LogP contribution in [0.5, 0.6) is 0 Å². The van der Waals surface area contributed by atoms with Crippen molar-refractivity contribution in [2.24, 2.45) is 0 Å². The minimum absolute atomic E-state index is 0.0640. The molecule has 2 aromatic rings. The lowest BCUT2D eigenvalue weighted by molar-refractivity contribution is -0.117. The van der Waals surface area contributed by atoms with Gasteiger partial charge in [0.2, 0.25) is 11.8 Å². The van der Waals surface area contributed by atoms with Gasteiger partial charge in [0.1, 0.15) is 0 Å². The Balaban J connectivity index is 1.82. The zero-order valence-corrected chi connectivity index (χ0v) is 16.2. The average Bonchev–Trinajstić information content (AvgIpc) is 2.71. The molecule has 0 saturated heterocycles. The third-order valence-electron chi connectivity index (χ3n) is 4.56. The van der Waals surface area contributed by atoms with E-state index < -0.39 is 0 Å². The van der Waals surface area contributed by atoms with E-state index in [1.54, 1.807) is 4.90 Å². The molecule has 0 radical (unpaired) electrons. The summed E-state index contributed by atoms with van der Waals surface area (Å²) in [4.78, 5) is 35.6. The zero-order valence-electron chi connectivity index (χ0n) is 15.4. The van der Waals surface area contributed by atoms with Crippen LogP contribution >= 0.6 is 11.8 Å². The largest absolute Gasteiger partial charge is 0.324 e. The molecule has 26 heavy (non-hydrogen) atoms. The fourth-order valence-electron chi connectivity index (χ4n) is 2.97. The number of aryl methyl sites for hydroxylation is 2. The van der Waals surface area contributed by atoms with Crippen molar-refractivity contribution in [3.05, 3.63) is 41.2 Å². The van der Waals surface area contributed by atoms with Crippen LogP contribution in [0.15, 0.2) is 29.4 Å². The van der Waals surface area contributed by atoms with Crippen molar-refractivity contribution in [2.45, 2.75) is 45.3 Å². The maximum absolute atomic E-state index is 13.0. The molecule has 0 aliphatic carbocycles. The highest BCUT2D eigenvalue weighted by molar-refractivity contribution is 7.99. The van der Waals surface area contributed by atoms with Crippen molar-refractivity contribution < 1.29 is 9.59 Å². The number of amides is 2. The topological polar surface area (TPSA) is 75.2 Å². The Labute approximate surface area is 157 Å². The van der Waals surface area contributed by atoms with Gasteiger partial charge in [0, 0.05) is 23.9 Å². The molecule has 1 aliphatic rings. The number of hydrogen-bond donors (Lipinski definition) is 1. The summed E-state index contributed by atoms with van der Waals surface area (Å²) in [5.41, 5.74) is 4.32. The van der Waals surface area contributed by atoms with Crippen LogP contribution in [0.25, 0.3) is 0 Å². The highest BCUT2D eigenvalue weighted by atomic mass is 32.2. The first-order valence-electron chi connectivity index (χ1n) is 8.52. The van der Waals surface area contributed by atoms with E-state index in [4.69, 9.17) is 0 Å². The van der Waals surface area contributed by atoms with Gasteiger partial charge >= 0.3 is 0 Å². The van der Waals surface area contributed by atoms with Crippen LogP contribution in [0.1, 0.15) is 30.3 Å². The number of anilines is 2. The third kappa shape index (κ3) is 3.72. The molecule has 6 nitrogen and oxygen atoms in total. The highest BCUT2D eigenvalue weighted by Crippen LogP contribution is 2.32. The lowest BCUT2D eigenvalue weighted by Crippen LogP contribution is -2.40. The number of nitrogens with zero attached hydrogens (tertiary/aromatic N) is 3. The molecular formula is C19H22N4O2S. The first-order valence-corrected chi connectivity index (χ1v) is 9.51. The van der Waals surface area contributed by atoms with Gasteiger partial charge in [0.25, 0.3) is 0 Å². The Morgan fingerprint density at radius 1 is 1.23 bits per heavy atom. The van der Waals surface area contributed by atoms with Crippen molar-refractivity contribution >= 4 is 35.0 Å². The smallest absolute Gasteiger partial charge is 0.237 e. The molecule has 1 aliphatic heterocycles. The number of fused-ring (bicyclic) bond motifs is 1. The molecule has 3 rings (SSSR count). The number of benzene rings is 1. The molecule has 136 valence electrons. The third-order valence-corrected chi connectivity index (χ3v) is 5.40. The van der Waals surface area contributed by atoms with E-state index in [1.165, 1.54) is 11.8 Å². The second-order valence-electron chi connectivity index (χ2n) is 6.47. The fraction of sp³-hybridized carbons (Fsp3) is 0.368. The van der Waals surface area contributed by atoms with Crippen LogP contribution in [0, 0.1) is 20.8 Å². The maximum atomic E-state index is 13.0.